The van der Waals surface area contributed by atoms with Gasteiger partial charge in [0.2, 0.25) is 0 Å². The van der Waals surface area contributed by atoms with E-state index in [0.29, 0.717) is 0 Å². The minimum atomic E-state index is -3.85. The predicted molar refractivity (Wildman–Crippen MR) is 24.0 cm³/mol. The average Bonchev–Trinajstić information content (AvgIpc) is 1.35. The molecule has 0 aliphatic heterocycles. The summed E-state index contributed by atoms with van der Waals surface area (Å²) in [6, 6.07) is 0. The highest BCUT2D eigenvalue weighted by Crippen LogP contribution is 1.81. The Morgan fingerprint density at radius 2 is 1.83 bits per heavy atom. The normalized spacial score (nSPS) is 11.7. The highest BCUT2D eigenvalue weighted by molar-refractivity contribution is 8.00. The van der Waals surface area contributed by atoms with E-state index < -0.39 is 15.2 Å². The van der Waals surface area contributed by atoms with Crippen LogP contribution in [0.1, 0.15) is 0 Å². The molecule has 3 nitrogen and oxygen atoms in total. The van der Waals surface area contributed by atoms with Crippen LogP contribution in [0.15, 0.2) is 0 Å². The topological polar surface area (TPSA) is 54.4 Å². The lowest BCUT2D eigenvalue weighted by atomic mass is 11.9. The van der Waals surface area contributed by atoms with Gasteiger partial charge in [-0.05, 0) is 0 Å². The number of hydrogen-bond donors (Lipinski definition) is 1. The van der Waals surface area contributed by atoms with Gasteiger partial charge in [-0.2, -0.15) is 8.42 Å². The second-order valence-electron chi connectivity index (χ2n) is 0.700. The van der Waals surface area contributed by atoms with E-state index in [-0.39, 0.29) is 0 Å². The Hall–Kier alpha value is 0.260. The molecule has 0 aromatic carbocycles. The van der Waals surface area contributed by atoms with Crippen LogP contribution in [-0.4, -0.2) is 18.1 Å². The molecule has 5 heteroatoms. The summed E-state index contributed by atoms with van der Waals surface area (Å²) >= 11 is 3.95. The van der Waals surface area contributed by atoms with Gasteiger partial charge in [-0.15, -0.1) is 0 Å². The zero-order chi connectivity index (χ0) is 5.21. The van der Waals surface area contributed by atoms with Crippen LogP contribution in [0.3, 0.4) is 0 Å². The van der Waals surface area contributed by atoms with Crippen LogP contribution in [-0.2, 0) is 10.1 Å². The van der Waals surface area contributed by atoms with Gasteiger partial charge in [-0.1, -0.05) is 12.6 Å². The highest BCUT2D eigenvalue weighted by atomic mass is 32.3. The molecule has 0 amide bonds. The first kappa shape index (κ1) is 6.26. The van der Waals surface area contributed by atoms with E-state index in [1.165, 1.54) is 0 Å². The van der Waals surface area contributed by atoms with Gasteiger partial charge in [0, 0.05) is 0 Å². The van der Waals surface area contributed by atoms with Gasteiger partial charge in [0.15, 0.2) is 0 Å². The molecule has 0 aliphatic carbocycles. The Balaban J connectivity index is 3.85. The van der Waals surface area contributed by atoms with Crippen molar-refractivity contribution in [3.8, 4) is 0 Å². The summed E-state index contributed by atoms with van der Waals surface area (Å²) in [4.78, 5) is 0. The molecule has 6 heavy (non-hydrogen) atoms. The van der Waals surface area contributed by atoms with Crippen molar-refractivity contribution < 1.29 is 13.0 Å². The molecular weight excluding hydrogens is 124 g/mol. The average molecular weight is 127 g/mol. The molecule has 0 fully saturated rings. The largest absolute Gasteiger partial charge is 0.285 e. The van der Waals surface area contributed by atoms with E-state index in [1.807, 2.05) is 0 Å². The number of rotatable bonds is 1. The van der Waals surface area contributed by atoms with E-state index in [2.05, 4.69) is 12.6 Å². The molecule has 0 heterocycles. The molecule has 1 radical (unpaired) electrons. The third kappa shape index (κ3) is 4.26. The lowest BCUT2D eigenvalue weighted by molar-refractivity contribution is 0.489. The molecule has 0 aromatic heterocycles. The lowest BCUT2D eigenvalue weighted by Crippen LogP contribution is -1.95. The second kappa shape index (κ2) is 1.81. The Bertz CT molecular complexity index is 111. The third-order valence-corrected chi connectivity index (χ3v) is 1.34. The molecule has 0 aliphatic rings. The van der Waals surface area contributed by atoms with Crippen molar-refractivity contribution in [1.82, 2.24) is 0 Å². The fourth-order valence-electron chi connectivity index (χ4n) is 0. The van der Waals surface area contributed by atoms with Crippen LogP contribution in [0.2, 0.25) is 0 Å². The SMILES string of the molecule is O=S(=O)(O)C[S]. The monoisotopic (exact) mass is 127 g/mol. The van der Waals surface area contributed by atoms with Crippen molar-refractivity contribution in [3.63, 3.8) is 0 Å². The smallest absolute Gasteiger partial charge is 0.275 e. The van der Waals surface area contributed by atoms with Crippen LogP contribution in [0.5, 0.6) is 0 Å². The van der Waals surface area contributed by atoms with Gasteiger partial charge in [-0.3, -0.25) is 4.55 Å². The van der Waals surface area contributed by atoms with Gasteiger partial charge in [0.25, 0.3) is 10.1 Å². The lowest BCUT2D eigenvalue weighted by Gasteiger charge is -1.78. The first-order chi connectivity index (χ1) is 2.56. The van der Waals surface area contributed by atoms with Crippen LogP contribution in [0.4, 0.5) is 0 Å². The van der Waals surface area contributed by atoms with Crippen LogP contribution in [0, 0.1) is 0 Å². The minimum Gasteiger partial charge on any atom is -0.285 e. The van der Waals surface area contributed by atoms with Gasteiger partial charge in [0.1, 0.15) is 5.08 Å². The van der Waals surface area contributed by atoms with Crippen LogP contribution >= 0.6 is 12.6 Å². The Morgan fingerprint density at radius 3 is 1.83 bits per heavy atom. The maximum Gasteiger partial charge on any atom is 0.275 e. The minimum absolute atomic E-state index is 0.618. The number of hydrogen-bond acceptors (Lipinski definition) is 2. The molecule has 0 unspecified atom stereocenters. The van der Waals surface area contributed by atoms with E-state index in [0.717, 1.165) is 0 Å². The van der Waals surface area contributed by atoms with E-state index in [4.69, 9.17) is 4.55 Å². The molecule has 0 aromatic rings. The molecule has 0 saturated heterocycles. The van der Waals surface area contributed by atoms with Gasteiger partial charge in [0.05, 0.1) is 0 Å². The summed E-state index contributed by atoms with van der Waals surface area (Å²) in [5.74, 6) is 0. The maximum absolute atomic E-state index is 9.45. The molecule has 37 valence electrons. The third-order valence-electron chi connectivity index (χ3n) is 0.149. The fraction of sp³-hybridized carbons (Fsp3) is 1.00. The summed E-state index contributed by atoms with van der Waals surface area (Å²) in [6.45, 7) is 0. The molecule has 0 bridgehead atoms. The van der Waals surface area contributed by atoms with Crippen molar-refractivity contribution in [3.05, 3.63) is 0 Å². The van der Waals surface area contributed by atoms with Crippen molar-refractivity contribution >= 4 is 22.7 Å². The van der Waals surface area contributed by atoms with Gasteiger partial charge in [-0.25, -0.2) is 0 Å². The standard InChI is InChI=1S/CH3O3S2/c2-6(3,4)1-5/h1H2,(H,2,3,4). The van der Waals surface area contributed by atoms with Crippen LogP contribution < -0.4 is 0 Å². The summed E-state index contributed by atoms with van der Waals surface area (Å²) < 4.78 is 26.6. The summed E-state index contributed by atoms with van der Waals surface area (Å²) in [7, 11) is -3.85. The Labute approximate surface area is 41.5 Å². The highest BCUT2D eigenvalue weighted by Gasteiger charge is 1.95. The zero-order valence-corrected chi connectivity index (χ0v) is 4.42. The van der Waals surface area contributed by atoms with Crippen molar-refractivity contribution in [2.24, 2.45) is 0 Å². The predicted octanol–water partition coefficient (Wildman–Crippen LogP) is 0.0292. The molecule has 0 spiro atoms. The second-order valence-corrected chi connectivity index (χ2v) is 2.81. The Morgan fingerprint density at radius 1 is 1.67 bits per heavy atom. The molecule has 1 N–H and O–H groups in total. The van der Waals surface area contributed by atoms with Crippen molar-refractivity contribution in [2.75, 3.05) is 5.08 Å². The first-order valence-corrected chi connectivity index (χ1v) is 3.28. The van der Waals surface area contributed by atoms with E-state index >= 15 is 0 Å². The van der Waals surface area contributed by atoms with Crippen molar-refractivity contribution in [2.45, 2.75) is 0 Å². The fourth-order valence-corrected chi connectivity index (χ4v) is 0. The summed E-state index contributed by atoms with van der Waals surface area (Å²) in [6.07, 6.45) is 0. The Kier molecular flexibility index (Phi) is 1.89. The quantitative estimate of drug-likeness (QED) is 0.505. The van der Waals surface area contributed by atoms with Gasteiger partial charge < -0.3 is 0 Å². The van der Waals surface area contributed by atoms with Gasteiger partial charge >= 0.3 is 0 Å². The summed E-state index contributed by atoms with van der Waals surface area (Å²) in [5.41, 5.74) is 0. The maximum atomic E-state index is 9.45. The molecule has 0 atom stereocenters. The summed E-state index contributed by atoms with van der Waals surface area (Å²) in [5, 5.41) is -0.618. The van der Waals surface area contributed by atoms with Crippen LogP contribution in [0.25, 0.3) is 0 Å². The van der Waals surface area contributed by atoms with E-state index in [1.54, 1.807) is 0 Å². The molecule has 0 rings (SSSR count). The zero-order valence-electron chi connectivity index (χ0n) is 2.79. The van der Waals surface area contributed by atoms with E-state index in [9.17, 15) is 8.42 Å². The molecular formula is CH3O3S2. The van der Waals surface area contributed by atoms with Crippen molar-refractivity contribution in [1.29, 1.82) is 0 Å². The molecule has 0 saturated carbocycles. The first-order valence-electron chi connectivity index (χ1n) is 1.09.